The number of aliphatic hydroxyl groups excluding tert-OH is 1. The summed E-state index contributed by atoms with van der Waals surface area (Å²) in [6, 6.07) is 11.4. The normalized spacial score (nSPS) is 17.2. The van der Waals surface area contributed by atoms with Crippen LogP contribution in [0.4, 0.5) is 0 Å². The molecule has 0 aliphatic carbocycles. The molecule has 0 fully saturated rings. The highest BCUT2D eigenvalue weighted by Crippen LogP contribution is 2.41. The van der Waals surface area contributed by atoms with Crippen molar-refractivity contribution in [2.75, 3.05) is 6.54 Å². The first-order valence-electron chi connectivity index (χ1n) is 13.2. The van der Waals surface area contributed by atoms with Crippen LogP contribution >= 0.6 is 11.6 Å². The van der Waals surface area contributed by atoms with Crippen LogP contribution in [0.25, 0.3) is 0 Å². The number of hydrogen-bond donors (Lipinski definition) is 3. The minimum atomic E-state index is -3.03. The molecule has 0 saturated heterocycles. The summed E-state index contributed by atoms with van der Waals surface area (Å²) < 4.78 is 25.8. The molecule has 3 unspecified atom stereocenters. The molecule has 0 aromatic heterocycles. The van der Waals surface area contributed by atoms with Crippen LogP contribution in [0, 0.1) is 0 Å². The molecule has 1 aliphatic rings. The van der Waals surface area contributed by atoms with Crippen molar-refractivity contribution in [2.24, 2.45) is 0 Å². The van der Waals surface area contributed by atoms with Crippen LogP contribution in [0.3, 0.4) is 0 Å². The van der Waals surface area contributed by atoms with Gasteiger partial charge in [0.25, 0.3) is 6.10 Å². The van der Waals surface area contributed by atoms with Gasteiger partial charge in [-0.25, -0.2) is 19.2 Å². The van der Waals surface area contributed by atoms with E-state index in [9.17, 15) is 29.4 Å². The van der Waals surface area contributed by atoms with Gasteiger partial charge in [-0.15, -0.1) is 0 Å². The number of fused-ring (bicyclic) bond motifs is 1. The molecule has 0 saturated carbocycles. The van der Waals surface area contributed by atoms with Gasteiger partial charge in [0.1, 0.15) is 0 Å². The van der Waals surface area contributed by atoms with Crippen molar-refractivity contribution in [3.8, 4) is 11.5 Å². The fourth-order valence-electron chi connectivity index (χ4n) is 3.97. The Morgan fingerprint density at radius 3 is 2.10 bits per heavy atom. The van der Waals surface area contributed by atoms with Crippen molar-refractivity contribution < 1.29 is 53.1 Å². The molecule has 2 aromatic rings. The van der Waals surface area contributed by atoms with Crippen LogP contribution < -0.4 is 14.8 Å². The number of aliphatic carboxylic acids is 1. The van der Waals surface area contributed by atoms with Gasteiger partial charge in [0.05, 0.1) is 18.3 Å². The maximum atomic E-state index is 13.1. The average Bonchev–Trinajstić information content (AvgIpc) is 3.30. The SMILES string of the molecule is CC(Cc1ccc2c(c1)OC(C(=O)O)(C(=O)OC(C(=O)OC(C)C)C(=O)OC(C)C)O2)NCC(O)c1cccc(Cl)c1. The fourth-order valence-corrected chi connectivity index (χ4v) is 4.17. The molecule has 1 heterocycles. The highest BCUT2D eigenvalue weighted by atomic mass is 35.5. The van der Waals surface area contributed by atoms with Crippen molar-refractivity contribution in [3.05, 3.63) is 58.6 Å². The maximum absolute atomic E-state index is 13.1. The van der Waals surface area contributed by atoms with E-state index in [1.807, 2.05) is 6.92 Å². The largest absolute Gasteiger partial charge is 0.475 e. The summed E-state index contributed by atoms with van der Waals surface area (Å²) in [5.74, 6) is -9.19. The number of carbonyl (C=O) groups excluding carboxylic acids is 3. The van der Waals surface area contributed by atoms with E-state index in [-0.39, 0.29) is 24.1 Å². The minimum Gasteiger partial charge on any atom is -0.475 e. The Kier molecular flexibility index (Phi) is 10.8. The van der Waals surface area contributed by atoms with Crippen molar-refractivity contribution in [1.29, 1.82) is 0 Å². The number of carboxylic acids is 1. The molecule has 228 valence electrons. The molecule has 0 radical (unpaired) electrons. The first kappa shape index (κ1) is 32.6. The van der Waals surface area contributed by atoms with Gasteiger partial charge in [0.15, 0.2) is 11.5 Å². The van der Waals surface area contributed by atoms with Gasteiger partial charge in [-0.2, -0.15) is 0 Å². The molecule has 3 rings (SSSR count). The maximum Gasteiger partial charge on any atom is 0.453 e. The Morgan fingerprint density at radius 2 is 1.52 bits per heavy atom. The summed E-state index contributed by atoms with van der Waals surface area (Å²) in [7, 11) is 0. The number of ether oxygens (including phenoxy) is 5. The van der Waals surface area contributed by atoms with Crippen molar-refractivity contribution in [2.45, 2.75) is 77.3 Å². The van der Waals surface area contributed by atoms with Gasteiger partial charge in [0, 0.05) is 17.6 Å². The number of carboxylic acid groups (broad SMARTS) is 1. The third-order valence-electron chi connectivity index (χ3n) is 5.86. The first-order valence-corrected chi connectivity index (χ1v) is 13.6. The summed E-state index contributed by atoms with van der Waals surface area (Å²) >= 11 is 5.99. The van der Waals surface area contributed by atoms with Crippen molar-refractivity contribution in [3.63, 3.8) is 0 Å². The topological polar surface area (TPSA) is 167 Å². The van der Waals surface area contributed by atoms with E-state index in [1.165, 1.54) is 39.8 Å². The summed E-state index contributed by atoms with van der Waals surface area (Å²) in [6.07, 6.45) is -3.90. The minimum absolute atomic E-state index is 0.0657. The predicted octanol–water partition coefficient (Wildman–Crippen LogP) is 2.96. The van der Waals surface area contributed by atoms with Gasteiger partial charge in [-0.3, -0.25) is 0 Å². The van der Waals surface area contributed by atoms with Crippen molar-refractivity contribution in [1.82, 2.24) is 5.32 Å². The van der Waals surface area contributed by atoms with Gasteiger partial charge in [-0.1, -0.05) is 29.8 Å². The zero-order valence-electron chi connectivity index (χ0n) is 23.8. The number of nitrogens with one attached hydrogen (secondary N) is 1. The highest BCUT2D eigenvalue weighted by molar-refractivity contribution is 6.30. The number of esters is 3. The predicted molar refractivity (Wildman–Crippen MR) is 148 cm³/mol. The first-order chi connectivity index (χ1) is 19.7. The Hall–Kier alpha value is -3.87. The smallest absolute Gasteiger partial charge is 0.453 e. The number of benzene rings is 2. The van der Waals surface area contributed by atoms with Crippen LogP contribution in [0.1, 0.15) is 51.8 Å². The third-order valence-corrected chi connectivity index (χ3v) is 6.09. The van der Waals surface area contributed by atoms with Crippen molar-refractivity contribution >= 4 is 35.5 Å². The zero-order chi connectivity index (χ0) is 31.2. The second kappa shape index (κ2) is 13.9. The van der Waals surface area contributed by atoms with E-state index in [2.05, 4.69) is 5.32 Å². The van der Waals surface area contributed by atoms with E-state index in [0.717, 1.165) is 0 Å². The number of aliphatic hydroxyl groups is 1. The Morgan fingerprint density at radius 1 is 0.905 bits per heavy atom. The van der Waals surface area contributed by atoms with E-state index >= 15 is 0 Å². The fraction of sp³-hybridized carbons (Fsp3) is 0.448. The second-order valence-corrected chi connectivity index (χ2v) is 10.7. The molecular formula is C29H34ClNO11. The Labute approximate surface area is 247 Å². The number of halogens is 1. The summed E-state index contributed by atoms with van der Waals surface area (Å²) in [5.41, 5.74) is 1.36. The quantitative estimate of drug-likeness (QED) is 0.173. The van der Waals surface area contributed by atoms with Gasteiger partial charge in [0.2, 0.25) is 0 Å². The molecule has 1 aliphatic heterocycles. The van der Waals surface area contributed by atoms with Gasteiger partial charge < -0.3 is 39.2 Å². The lowest BCUT2D eigenvalue weighted by molar-refractivity contribution is -0.209. The van der Waals surface area contributed by atoms with Crippen LogP contribution in [0.5, 0.6) is 11.5 Å². The van der Waals surface area contributed by atoms with E-state index in [1.54, 1.807) is 30.3 Å². The van der Waals surface area contributed by atoms with Crippen LogP contribution in [0.15, 0.2) is 42.5 Å². The lowest BCUT2D eigenvalue weighted by Gasteiger charge is -2.24. The average molecular weight is 608 g/mol. The van der Waals surface area contributed by atoms with E-state index in [4.69, 9.17) is 35.3 Å². The second-order valence-electron chi connectivity index (χ2n) is 10.2. The lowest BCUT2D eigenvalue weighted by Crippen LogP contribution is -2.57. The molecule has 0 bridgehead atoms. The molecular weight excluding hydrogens is 574 g/mol. The van der Waals surface area contributed by atoms with Crippen LogP contribution in [-0.4, -0.2) is 70.8 Å². The van der Waals surface area contributed by atoms with Gasteiger partial charge in [-0.05, 0) is 76.4 Å². The molecule has 42 heavy (non-hydrogen) atoms. The molecule has 2 aromatic carbocycles. The molecule has 12 nitrogen and oxygen atoms in total. The molecule has 3 atom stereocenters. The highest BCUT2D eigenvalue weighted by Gasteiger charge is 2.60. The summed E-state index contributed by atoms with van der Waals surface area (Å²) in [5, 5.41) is 24.1. The third kappa shape index (κ3) is 8.11. The molecule has 13 heteroatoms. The van der Waals surface area contributed by atoms with E-state index in [0.29, 0.717) is 22.6 Å². The van der Waals surface area contributed by atoms with Crippen LogP contribution in [-0.2, 0) is 39.8 Å². The number of carbonyl (C=O) groups is 4. The Bertz CT molecular complexity index is 1290. The molecule has 0 amide bonds. The monoisotopic (exact) mass is 607 g/mol. The molecule has 0 spiro atoms. The van der Waals surface area contributed by atoms with Gasteiger partial charge >= 0.3 is 29.7 Å². The standard InChI is InChI=1S/C29H34ClNO11/c1-15(2)38-25(33)24(26(34)39-16(3)4)40-28(37)29(27(35)36)41-22-10-9-18(12-23(22)42-29)11-17(5)31-14-21(32)19-7-6-8-20(30)13-19/h6-10,12-13,15-17,21,24,31-32H,11,14H2,1-5H3,(H,35,36). The Balaban J connectivity index is 1.71. The van der Waals surface area contributed by atoms with E-state index < -0.39 is 54.1 Å². The van der Waals surface area contributed by atoms with Crippen LogP contribution in [0.2, 0.25) is 5.02 Å². The summed E-state index contributed by atoms with van der Waals surface area (Å²) in [4.78, 5) is 50.3. The number of hydrogen-bond acceptors (Lipinski definition) is 11. The molecule has 3 N–H and O–H groups in total. The summed E-state index contributed by atoms with van der Waals surface area (Å²) in [6.45, 7) is 8.19. The number of rotatable bonds is 13. The lowest BCUT2D eigenvalue weighted by atomic mass is 10.1. The zero-order valence-corrected chi connectivity index (χ0v) is 24.5.